The highest BCUT2D eigenvalue weighted by molar-refractivity contribution is 8.02. The molecule has 0 unspecified atom stereocenters. The third-order valence-electron chi connectivity index (χ3n) is 3.59. The van der Waals surface area contributed by atoms with Crippen molar-refractivity contribution in [2.45, 2.75) is 30.8 Å². The molecule has 0 radical (unpaired) electrons. The summed E-state index contributed by atoms with van der Waals surface area (Å²) in [7, 11) is 0. The zero-order valence-electron chi connectivity index (χ0n) is 12.6. The van der Waals surface area contributed by atoms with E-state index in [0.717, 1.165) is 54.5 Å². The second-order valence-electron chi connectivity index (χ2n) is 5.28. The lowest BCUT2D eigenvalue weighted by molar-refractivity contribution is -0.368. The number of nitrogens with one attached hydrogen (secondary N) is 1. The van der Waals surface area contributed by atoms with Gasteiger partial charge in [0.05, 0.1) is 17.3 Å². The predicted octanol–water partition coefficient (Wildman–Crippen LogP) is 3.19. The lowest BCUT2D eigenvalue weighted by atomic mass is 10.2. The highest BCUT2D eigenvalue weighted by Crippen LogP contribution is 2.32. The van der Waals surface area contributed by atoms with Gasteiger partial charge in [-0.3, -0.25) is 5.43 Å². The summed E-state index contributed by atoms with van der Waals surface area (Å²) in [6.07, 6.45) is 4.28. The lowest BCUT2D eigenvalue weighted by Gasteiger charge is -2.19. The van der Waals surface area contributed by atoms with E-state index < -0.39 is 0 Å². The third-order valence-corrected chi connectivity index (χ3v) is 4.96. The van der Waals surface area contributed by atoms with Crippen molar-refractivity contribution in [3.8, 4) is 0 Å². The average molecular weight is 371 g/mol. The van der Waals surface area contributed by atoms with Crippen molar-refractivity contribution in [2.75, 3.05) is 12.0 Å². The summed E-state index contributed by atoms with van der Waals surface area (Å²) in [5, 5.41) is 12.6. The SMILES string of the molecule is [NH3+]CCCCCc1nnc2n1NC(c1ccc(Cl)cc1Cl)=CS2. The van der Waals surface area contributed by atoms with Crippen LogP contribution in [0.1, 0.15) is 30.7 Å². The Morgan fingerprint density at radius 2 is 2.04 bits per heavy atom. The van der Waals surface area contributed by atoms with E-state index in [1.165, 1.54) is 11.8 Å². The topological polar surface area (TPSA) is 70.4 Å². The predicted molar refractivity (Wildman–Crippen MR) is 95.0 cm³/mol. The Balaban J connectivity index is 1.75. The molecule has 4 N–H and O–H groups in total. The van der Waals surface area contributed by atoms with E-state index in [1.54, 1.807) is 6.07 Å². The molecule has 1 aromatic heterocycles. The summed E-state index contributed by atoms with van der Waals surface area (Å²) in [6.45, 7) is 0.980. The van der Waals surface area contributed by atoms with Crippen LogP contribution in [0.3, 0.4) is 0 Å². The lowest BCUT2D eigenvalue weighted by Crippen LogP contribution is -2.50. The number of fused-ring (bicyclic) bond motifs is 1. The van der Waals surface area contributed by atoms with Gasteiger partial charge < -0.3 is 5.73 Å². The molecule has 0 atom stereocenters. The van der Waals surface area contributed by atoms with Crippen LogP contribution >= 0.6 is 35.0 Å². The molecule has 1 aliphatic rings. The van der Waals surface area contributed by atoms with Crippen LogP contribution < -0.4 is 11.2 Å². The Morgan fingerprint density at radius 1 is 1.17 bits per heavy atom. The van der Waals surface area contributed by atoms with E-state index in [2.05, 4.69) is 21.4 Å². The summed E-state index contributed by atoms with van der Waals surface area (Å²) in [5.41, 5.74) is 9.05. The second-order valence-corrected chi connectivity index (χ2v) is 6.96. The molecule has 1 aliphatic heterocycles. The molecule has 1 aromatic carbocycles. The van der Waals surface area contributed by atoms with Gasteiger partial charge >= 0.3 is 0 Å². The third kappa shape index (κ3) is 3.83. The number of unbranched alkanes of at least 4 members (excludes halogenated alkanes) is 2. The summed E-state index contributed by atoms with van der Waals surface area (Å²) >= 11 is 13.8. The Labute approximate surface area is 149 Å². The first-order valence-corrected chi connectivity index (χ1v) is 9.15. The van der Waals surface area contributed by atoms with E-state index in [4.69, 9.17) is 23.2 Å². The van der Waals surface area contributed by atoms with Crippen molar-refractivity contribution in [3.63, 3.8) is 0 Å². The molecule has 8 heteroatoms. The molecule has 0 amide bonds. The monoisotopic (exact) mass is 370 g/mol. The molecule has 5 nitrogen and oxygen atoms in total. The highest BCUT2D eigenvalue weighted by atomic mass is 35.5. The summed E-state index contributed by atoms with van der Waals surface area (Å²) in [5.74, 6) is 0.937. The Kier molecular flexibility index (Phi) is 5.48. The second kappa shape index (κ2) is 7.57. The van der Waals surface area contributed by atoms with Crippen LogP contribution in [0.2, 0.25) is 10.0 Å². The Hall–Kier alpha value is -1.21. The fraction of sp³-hybridized carbons (Fsp3) is 0.333. The summed E-state index contributed by atoms with van der Waals surface area (Å²) in [4.78, 5) is 0. The number of rotatable bonds is 6. The fourth-order valence-corrected chi connectivity index (χ4v) is 3.64. The molecule has 0 bridgehead atoms. The Bertz CT molecular complexity index is 729. The van der Waals surface area contributed by atoms with Crippen LogP contribution in [-0.4, -0.2) is 21.4 Å². The zero-order valence-corrected chi connectivity index (χ0v) is 14.9. The van der Waals surface area contributed by atoms with E-state index in [0.29, 0.717) is 10.0 Å². The minimum Gasteiger partial charge on any atom is -0.358 e. The van der Waals surface area contributed by atoms with E-state index >= 15 is 0 Å². The van der Waals surface area contributed by atoms with Crippen LogP contribution in [-0.2, 0) is 6.42 Å². The maximum Gasteiger partial charge on any atom is 0.214 e. The van der Waals surface area contributed by atoms with E-state index in [9.17, 15) is 0 Å². The minimum absolute atomic E-state index is 0.616. The molecular formula is C15H18Cl2N5S+. The summed E-state index contributed by atoms with van der Waals surface area (Å²) < 4.78 is 1.94. The molecule has 0 saturated carbocycles. The zero-order chi connectivity index (χ0) is 16.2. The first kappa shape index (κ1) is 16.6. The number of nitrogens with zero attached hydrogens (tertiary/aromatic N) is 3. The van der Waals surface area contributed by atoms with E-state index in [-0.39, 0.29) is 0 Å². The molecule has 0 saturated heterocycles. The van der Waals surface area contributed by atoms with Crippen molar-refractivity contribution < 1.29 is 5.73 Å². The number of aromatic nitrogens is 3. The van der Waals surface area contributed by atoms with Crippen molar-refractivity contribution in [3.05, 3.63) is 45.0 Å². The minimum atomic E-state index is 0.616. The number of hydrogen-bond donors (Lipinski definition) is 2. The smallest absolute Gasteiger partial charge is 0.214 e. The quantitative estimate of drug-likeness (QED) is 0.766. The maximum atomic E-state index is 6.30. The maximum absolute atomic E-state index is 6.30. The molecule has 2 heterocycles. The first-order chi connectivity index (χ1) is 11.2. The van der Waals surface area contributed by atoms with Crippen molar-refractivity contribution in [2.24, 2.45) is 0 Å². The highest BCUT2D eigenvalue weighted by Gasteiger charge is 2.19. The molecule has 23 heavy (non-hydrogen) atoms. The number of halogens is 2. The van der Waals surface area contributed by atoms with Gasteiger partial charge in [0.1, 0.15) is 0 Å². The molecule has 0 spiro atoms. The van der Waals surface area contributed by atoms with Crippen molar-refractivity contribution >= 4 is 40.7 Å². The molecule has 122 valence electrons. The van der Waals surface area contributed by atoms with Crippen LogP contribution in [0.25, 0.3) is 5.70 Å². The number of quaternary nitrogens is 1. The van der Waals surface area contributed by atoms with Crippen molar-refractivity contribution in [1.82, 2.24) is 14.9 Å². The Morgan fingerprint density at radius 3 is 2.83 bits per heavy atom. The van der Waals surface area contributed by atoms with Crippen molar-refractivity contribution in [1.29, 1.82) is 0 Å². The van der Waals surface area contributed by atoms with Gasteiger partial charge in [0, 0.05) is 22.4 Å². The van der Waals surface area contributed by atoms with E-state index in [1.807, 2.05) is 22.2 Å². The molecule has 3 rings (SSSR count). The van der Waals surface area contributed by atoms with Gasteiger partial charge in [0.25, 0.3) is 0 Å². The van der Waals surface area contributed by atoms with Crippen LogP contribution in [0, 0.1) is 0 Å². The largest absolute Gasteiger partial charge is 0.358 e. The molecular weight excluding hydrogens is 353 g/mol. The molecule has 0 fully saturated rings. The number of aryl methyl sites for hydroxylation is 1. The standard InChI is InChI=1S/C15H17Cl2N5S/c16-10-5-6-11(12(17)8-10)13-9-23-15-20-19-14(22(15)21-13)4-2-1-3-7-18/h5-6,8-9,21H,1-4,7,18H2/p+1. The summed E-state index contributed by atoms with van der Waals surface area (Å²) in [6, 6.07) is 5.48. The van der Waals surface area contributed by atoms with Gasteiger partial charge in [-0.25, -0.2) is 4.68 Å². The fourth-order valence-electron chi connectivity index (χ4n) is 2.38. The average Bonchev–Trinajstić information content (AvgIpc) is 2.94. The van der Waals surface area contributed by atoms with Crippen LogP contribution in [0.15, 0.2) is 28.8 Å². The first-order valence-electron chi connectivity index (χ1n) is 7.52. The van der Waals surface area contributed by atoms with Gasteiger partial charge in [-0.05, 0) is 37.5 Å². The van der Waals surface area contributed by atoms with Gasteiger partial charge in [0.2, 0.25) is 5.16 Å². The van der Waals surface area contributed by atoms with Gasteiger partial charge in [0.15, 0.2) is 5.82 Å². The van der Waals surface area contributed by atoms with Gasteiger partial charge in [-0.1, -0.05) is 35.0 Å². The van der Waals surface area contributed by atoms with Gasteiger partial charge in [-0.2, -0.15) is 0 Å². The molecule has 0 aliphatic carbocycles. The number of hydrogen-bond acceptors (Lipinski definition) is 4. The number of thioether (sulfide) groups is 1. The normalized spacial score (nSPS) is 13.4. The number of benzene rings is 1. The molecule has 2 aromatic rings. The van der Waals surface area contributed by atoms with Crippen LogP contribution in [0.4, 0.5) is 0 Å². The van der Waals surface area contributed by atoms with Gasteiger partial charge in [-0.15, -0.1) is 10.2 Å². The van der Waals surface area contributed by atoms with Crippen LogP contribution in [0.5, 0.6) is 0 Å².